The van der Waals surface area contributed by atoms with Crippen LogP contribution < -0.4 is 10.5 Å². The van der Waals surface area contributed by atoms with E-state index < -0.39 is 16.1 Å². The molecular formula is C25H45NO4S. The fraction of sp³-hybridized carbons (Fsp3) is 0.760. The lowest BCUT2D eigenvalue weighted by molar-refractivity contribution is 0.279. The zero-order valence-electron chi connectivity index (χ0n) is 19.7. The predicted molar refractivity (Wildman–Crippen MR) is 131 cm³/mol. The highest BCUT2D eigenvalue weighted by Gasteiger charge is 2.12. The van der Waals surface area contributed by atoms with Gasteiger partial charge in [0.2, 0.25) is 5.94 Å². The molecule has 1 rings (SSSR count). The molecule has 2 N–H and O–H groups in total. The van der Waals surface area contributed by atoms with Gasteiger partial charge in [0.25, 0.3) is 0 Å². The first-order valence-electron chi connectivity index (χ1n) is 12.4. The van der Waals surface area contributed by atoms with Gasteiger partial charge in [0.15, 0.2) is 0 Å². The number of hydrogen-bond acceptors (Lipinski definition) is 5. The lowest BCUT2D eigenvalue weighted by atomic mass is 10.0. The fourth-order valence-electron chi connectivity index (χ4n) is 3.57. The standard InChI is InChI=1S/C25H45NO4S/c1-2-3-4-5-6-7-8-9-10-11-12-13-14-15-16-17-22-30-31(27,28)23-29-25-20-18-24(26)19-21-25/h18-21H,2-17,22-23,26H2,1H3. The van der Waals surface area contributed by atoms with Gasteiger partial charge in [-0.15, -0.1) is 0 Å². The van der Waals surface area contributed by atoms with Gasteiger partial charge in [-0.2, -0.15) is 8.42 Å². The number of anilines is 1. The third-order valence-electron chi connectivity index (χ3n) is 5.51. The van der Waals surface area contributed by atoms with Crippen LogP contribution in [-0.2, 0) is 14.3 Å². The summed E-state index contributed by atoms with van der Waals surface area (Å²) in [5.74, 6) is -0.0146. The third kappa shape index (κ3) is 17.0. The van der Waals surface area contributed by atoms with Gasteiger partial charge in [-0.25, -0.2) is 0 Å². The van der Waals surface area contributed by atoms with E-state index in [0.717, 1.165) is 19.3 Å². The summed E-state index contributed by atoms with van der Waals surface area (Å²) in [5.41, 5.74) is 6.19. The average molecular weight is 456 g/mol. The molecule has 0 atom stereocenters. The van der Waals surface area contributed by atoms with E-state index in [9.17, 15) is 8.42 Å². The predicted octanol–water partition coefficient (Wildman–Crippen LogP) is 7.21. The number of unbranched alkanes of at least 4 members (excludes halogenated alkanes) is 15. The molecule has 0 bridgehead atoms. The molecule has 0 fully saturated rings. The zero-order chi connectivity index (χ0) is 22.6. The first-order chi connectivity index (χ1) is 15.0. The summed E-state index contributed by atoms with van der Waals surface area (Å²) in [6, 6.07) is 6.61. The SMILES string of the molecule is CCCCCCCCCCCCCCCCCCOS(=O)(=O)COc1ccc(N)cc1. The second kappa shape index (κ2) is 18.3. The molecule has 0 spiro atoms. The summed E-state index contributed by atoms with van der Waals surface area (Å²) in [7, 11) is -3.66. The maximum absolute atomic E-state index is 11.9. The molecule has 0 saturated heterocycles. The van der Waals surface area contributed by atoms with Crippen LogP contribution in [-0.4, -0.2) is 21.0 Å². The van der Waals surface area contributed by atoms with E-state index in [0.29, 0.717) is 11.4 Å². The van der Waals surface area contributed by atoms with Crippen LogP contribution in [0.1, 0.15) is 110 Å². The van der Waals surface area contributed by atoms with E-state index in [1.54, 1.807) is 24.3 Å². The molecule has 1 aromatic rings. The van der Waals surface area contributed by atoms with E-state index >= 15 is 0 Å². The third-order valence-corrected chi connectivity index (χ3v) is 6.44. The summed E-state index contributed by atoms with van der Waals surface area (Å²) in [5, 5.41) is 0. The first kappa shape index (κ1) is 27.8. The average Bonchev–Trinajstić information content (AvgIpc) is 2.75. The minimum Gasteiger partial charge on any atom is -0.475 e. The molecule has 0 heterocycles. The molecule has 180 valence electrons. The van der Waals surface area contributed by atoms with Crippen molar-refractivity contribution in [1.29, 1.82) is 0 Å². The summed E-state index contributed by atoms with van der Waals surface area (Å²) in [6.45, 7) is 2.50. The quantitative estimate of drug-likeness (QED) is 0.120. The van der Waals surface area contributed by atoms with Crippen LogP contribution in [0.5, 0.6) is 5.75 Å². The van der Waals surface area contributed by atoms with E-state index in [-0.39, 0.29) is 6.61 Å². The van der Waals surface area contributed by atoms with Crippen LogP contribution in [0.15, 0.2) is 24.3 Å². The monoisotopic (exact) mass is 455 g/mol. The molecular weight excluding hydrogens is 410 g/mol. The number of ether oxygens (including phenoxy) is 1. The number of benzene rings is 1. The molecule has 6 heteroatoms. The molecule has 0 aliphatic rings. The minimum atomic E-state index is -3.66. The second-order valence-corrected chi connectivity index (χ2v) is 10.1. The van der Waals surface area contributed by atoms with E-state index in [4.69, 9.17) is 14.7 Å². The van der Waals surface area contributed by atoms with Crippen molar-refractivity contribution >= 4 is 15.8 Å². The Morgan fingerprint density at radius 1 is 0.677 bits per heavy atom. The van der Waals surface area contributed by atoms with Crippen LogP contribution in [0.2, 0.25) is 0 Å². The van der Waals surface area contributed by atoms with Gasteiger partial charge in [-0.3, -0.25) is 4.18 Å². The maximum Gasteiger partial charge on any atom is 0.303 e. The molecule has 0 aliphatic heterocycles. The van der Waals surface area contributed by atoms with Gasteiger partial charge in [-0.1, -0.05) is 103 Å². The van der Waals surface area contributed by atoms with Crippen molar-refractivity contribution in [1.82, 2.24) is 0 Å². The van der Waals surface area contributed by atoms with Gasteiger partial charge in [0.05, 0.1) is 6.61 Å². The zero-order valence-corrected chi connectivity index (χ0v) is 20.5. The topological polar surface area (TPSA) is 78.6 Å². The Hall–Kier alpha value is -1.27. The van der Waals surface area contributed by atoms with E-state index in [1.165, 1.54) is 83.5 Å². The Labute approximate surface area is 191 Å². The molecule has 0 amide bonds. The van der Waals surface area contributed by atoms with Gasteiger partial charge in [0, 0.05) is 5.69 Å². The first-order valence-corrected chi connectivity index (χ1v) is 14.0. The lowest BCUT2D eigenvalue weighted by Gasteiger charge is -2.08. The highest BCUT2D eigenvalue weighted by atomic mass is 32.2. The summed E-state index contributed by atoms with van der Waals surface area (Å²) < 4.78 is 34.0. The van der Waals surface area contributed by atoms with Crippen LogP contribution in [0.4, 0.5) is 5.69 Å². The second-order valence-electron chi connectivity index (χ2n) is 8.51. The Kier molecular flexibility index (Phi) is 16.4. The van der Waals surface area contributed by atoms with Crippen molar-refractivity contribution in [3.05, 3.63) is 24.3 Å². The molecule has 1 aromatic carbocycles. The minimum absolute atomic E-state index is 0.228. The van der Waals surface area contributed by atoms with Crippen molar-refractivity contribution in [3.8, 4) is 5.75 Å². The van der Waals surface area contributed by atoms with Crippen molar-refractivity contribution < 1.29 is 17.3 Å². The van der Waals surface area contributed by atoms with Crippen molar-refractivity contribution in [2.24, 2.45) is 0 Å². The number of nitrogen functional groups attached to an aromatic ring is 1. The van der Waals surface area contributed by atoms with Gasteiger partial charge >= 0.3 is 10.1 Å². The van der Waals surface area contributed by atoms with Crippen LogP contribution in [0.25, 0.3) is 0 Å². The Morgan fingerprint density at radius 3 is 1.55 bits per heavy atom. The molecule has 0 radical (unpaired) electrons. The molecule has 0 aliphatic carbocycles. The molecule has 0 aromatic heterocycles. The fourth-order valence-corrected chi connectivity index (χ4v) is 4.29. The van der Waals surface area contributed by atoms with Crippen LogP contribution in [0, 0.1) is 0 Å². The molecule has 0 saturated carbocycles. The molecule has 5 nitrogen and oxygen atoms in total. The Bertz CT molecular complexity index is 631. The Morgan fingerprint density at radius 2 is 1.10 bits per heavy atom. The lowest BCUT2D eigenvalue weighted by Crippen LogP contribution is -2.16. The van der Waals surface area contributed by atoms with Crippen molar-refractivity contribution in [2.45, 2.75) is 110 Å². The summed E-state index contributed by atoms with van der Waals surface area (Å²) in [6.07, 6.45) is 20.7. The van der Waals surface area contributed by atoms with Crippen LogP contribution in [0.3, 0.4) is 0 Å². The maximum atomic E-state index is 11.9. The highest BCUT2D eigenvalue weighted by Crippen LogP contribution is 2.15. The van der Waals surface area contributed by atoms with Crippen molar-refractivity contribution in [2.75, 3.05) is 18.3 Å². The summed E-state index contributed by atoms with van der Waals surface area (Å²) in [4.78, 5) is 0. The van der Waals surface area contributed by atoms with Gasteiger partial charge < -0.3 is 10.5 Å². The Balaban J connectivity index is 1.85. The number of hydrogen-bond donors (Lipinski definition) is 1. The highest BCUT2D eigenvalue weighted by molar-refractivity contribution is 7.86. The normalized spacial score (nSPS) is 11.6. The number of rotatable bonds is 21. The van der Waals surface area contributed by atoms with E-state index in [1.807, 2.05) is 0 Å². The van der Waals surface area contributed by atoms with E-state index in [2.05, 4.69) is 6.92 Å². The number of nitrogens with two attached hydrogens (primary N) is 1. The van der Waals surface area contributed by atoms with Gasteiger partial charge in [-0.05, 0) is 30.7 Å². The van der Waals surface area contributed by atoms with Crippen LogP contribution >= 0.6 is 0 Å². The smallest absolute Gasteiger partial charge is 0.303 e. The van der Waals surface area contributed by atoms with Crippen molar-refractivity contribution in [3.63, 3.8) is 0 Å². The molecule has 0 unspecified atom stereocenters. The summed E-state index contributed by atoms with van der Waals surface area (Å²) >= 11 is 0. The van der Waals surface area contributed by atoms with Gasteiger partial charge in [0.1, 0.15) is 5.75 Å². The molecule has 31 heavy (non-hydrogen) atoms. The largest absolute Gasteiger partial charge is 0.475 e.